The molecule has 0 aliphatic rings. The van der Waals surface area contributed by atoms with E-state index >= 15 is 0 Å². The highest BCUT2D eigenvalue weighted by Crippen LogP contribution is 2.08. The Morgan fingerprint density at radius 2 is 1.77 bits per heavy atom. The van der Waals surface area contributed by atoms with Gasteiger partial charge >= 0.3 is 0 Å². The summed E-state index contributed by atoms with van der Waals surface area (Å²) in [6.07, 6.45) is 1.56. The molecule has 26 heavy (non-hydrogen) atoms. The van der Waals surface area contributed by atoms with Crippen LogP contribution >= 0.6 is 0 Å². The fourth-order valence-corrected chi connectivity index (χ4v) is 2.61. The van der Waals surface area contributed by atoms with Crippen LogP contribution in [0.1, 0.15) is 37.7 Å². The Hall–Kier alpha value is -2.41. The molecule has 2 N–H and O–H groups in total. The first kappa shape index (κ1) is 19.9. The lowest BCUT2D eigenvalue weighted by Crippen LogP contribution is -2.37. The molecule has 0 atom stereocenters. The maximum absolute atomic E-state index is 4.66. The summed E-state index contributed by atoms with van der Waals surface area (Å²) in [6.45, 7) is 11.6. The zero-order valence-corrected chi connectivity index (χ0v) is 16.4. The smallest absolute Gasteiger partial charge is 0.191 e. The van der Waals surface area contributed by atoms with Gasteiger partial charge in [-0.05, 0) is 31.1 Å². The summed E-state index contributed by atoms with van der Waals surface area (Å²) in [5.41, 5.74) is 2.54. The van der Waals surface area contributed by atoms with Gasteiger partial charge in [-0.2, -0.15) is 5.10 Å². The van der Waals surface area contributed by atoms with E-state index in [4.69, 9.17) is 0 Å². The fourth-order valence-electron chi connectivity index (χ4n) is 2.61. The van der Waals surface area contributed by atoms with Crippen molar-refractivity contribution in [2.75, 3.05) is 19.6 Å². The van der Waals surface area contributed by atoms with Crippen LogP contribution in [0.25, 0.3) is 0 Å². The van der Waals surface area contributed by atoms with E-state index in [2.05, 4.69) is 75.6 Å². The molecule has 1 heterocycles. The number of rotatable bonds is 9. The predicted octanol–water partition coefficient (Wildman–Crippen LogP) is 1.91. The van der Waals surface area contributed by atoms with Crippen molar-refractivity contribution in [3.05, 3.63) is 47.5 Å². The van der Waals surface area contributed by atoms with Gasteiger partial charge in [-0.1, -0.05) is 38.1 Å². The molecule has 0 unspecified atom stereocenters. The van der Waals surface area contributed by atoms with E-state index in [1.165, 1.54) is 11.1 Å². The minimum absolute atomic E-state index is 0.588. The molecule has 0 saturated carbocycles. The first-order valence-corrected chi connectivity index (χ1v) is 9.31. The Balaban J connectivity index is 1.92. The topological polar surface area (TPSA) is 70.4 Å². The number of nitrogens with one attached hydrogen (secondary N) is 2. The highest BCUT2D eigenvalue weighted by atomic mass is 15.3. The second kappa shape index (κ2) is 10.6. The van der Waals surface area contributed by atoms with E-state index in [-0.39, 0.29) is 0 Å². The van der Waals surface area contributed by atoms with Crippen LogP contribution in [-0.2, 0) is 26.7 Å². The van der Waals surface area contributed by atoms with Gasteiger partial charge in [-0.25, -0.2) is 9.98 Å². The summed E-state index contributed by atoms with van der Waals surface area (Å²) < 4.78 is 1.76. The number of aryl methyl sites for hydroxylation is 1. The van der Waals surface area contributed by atoms with Crippen LogP contribution < -0.4 is 10.6 Å². The van der Waals surface area contributed by atoms with E-state index in [0.29, 0.717) is 13.1 Å². The second-order valence-electron chi connectivity index (χ2n) is 6.13. The number of nitrogens with zero attached hydrogens (tertiary/aromatic N) is 5. The highest BCUT2D eigenvalue weighted by Gasteiger charge is 2.04. The largest absolute Gasteiger partial charge is 0.357 e. The van der Waals surface area contributed by atoms with Crippen LogP contribution in [0.3, 0.4) is 0 Å². The summed E-state index contributed by atoms with van der Waals surface area (Å²) in [4.78, 5) is 11.3. The van der Waals surface area contributed by atoms with Crippen molar-refractivity contribution in [3.8, 4) is 0 Å². The molecular formula is C19H31N7. The van der Waals surface area contributed by atoms with Crippen molar-refractivity contribution in [2.24, 2.45) is 12.0 Å². The maximum atomic E-state index is 4.66. The van der Waals surface area contributed by atoms with Gasteiger partial charge in [0, 0.05) is 20.1 Å². The van der Waals surface area contributed by atoms with E-state index in [0.717, 1.165) is 38.0 Å². The lowest BCUT2D eigenvalue weighted by molar-refractivity contribution is 0.296. The molecule has 7 nitrogen and oxygen atoms in total. The fraction of sp³-hybridized carbons (Fsp3) is 0.526. The number of aromatic nitrogens is 3. The first-order chi connectivity index (χ1) is 12.7. The van der Waals surface area contributed by atoms with Crippen LogP contribution in [0.4, 0.5) is 0 Å². The lowest BCUT2D eigenvalue weighted by atomic mass is 10.1. The third-order valence-corrected chi connectivity index (χ3v) is 4.31. The normalized spacial score (nSPS) is 11.8. The SMILES string of the molecule is CCNC(=NCc1ccc(CN(CC)CC)cc1)NCc1ncnn1C. The Morgan fingerprint density at radius 1 is 1.08 bits per heavy atom. The molecule has 0 aliphatic carbocycles. The maximum Gasteiger partial charge on any atom is 0.191 e. The number of guanidine groups is 1. The quantitative estimate of drug-likeness (QED) is 0.530. The zero-order valence-electron chi connectivity index (χ0n) is 16.4. The lowest BCUT2D eigenvalue weighted by Gasteiger charge is -2.18. The monoisotopic (exact) mass is 357 g/mol. The third kappa shape index (κ3) is 6.15. The van der Waals surface area contributed by atoms with Crippen LogP contribution in [0.15, 0.2) is 35.6 Å². The van der Waals surface area contributed by atoms with Crippen LogP contribution in [-0.4, -0.2) is 45.3 Å². The van der Waals surface area contributed by atoms with Crippen LogP contribution in [0.2, 0.25) is 0 Å². The highest BCUT2D eigenvalue weighted by molar-refractivity contribution is 5.79. The molecule has 1 aromatic carbocycles. The summed E-state index contributed by atoms with van der Waals surface area (Å²) in [5.74, 6) is 1.65. The Labute approximate surface area is 156 Å². The molecule has 2 rings (SSSR count). The minimum Gasteiger partial charge on any atom is -0.357 e. The second-order valence-corrected chi connectivity index (χ2v) is 6.13. The predicted molar refractivity (Wildman–Crippen MR) is 106 cm³/mol. The number of aliphatic imine (C=N–C) groups is 1. The van der Waals surface area contributed by atoms with Gasteiger partial charge in [-0.3, -0.25) is 9.58 Å². The first-order valence-electron chi connectivity index (χ1n) is 9.31. The Morgan fingerprint density at radius 3 is 2.35 bits per heavy atom. The number of hydrogen-bond donors (Lipinski definition) is 2. The van der Waals surface area contributed by atoms with E-state index in [1.54, 1.807) is 11.0 Å². The number of benzene rings is 1. The van der Waals surface area contributed by atoms with Crippen molar-refractivity contribution in [2.45, 2.75) is 40.4 Å². The minimum atomic E-state index is 0.588. The van der Waals surface area contributed by atoms with Crippen LogP contribution in [0.5, 0.6) is 0 Å². The average molecular weight is 358 g/mol. The van der Waals surface area contributed by atoms with Gasteiger partial charge in [0.1, 0.15) is 12.2 Å². The molecule has 0 spiro atoms. The van der Waals surface area contributed by atoms with Crippen molar-refractivity contribution < 1.29 is 0 Å². The third-order valence-electron chi connectivity index (χ3n) is 4.31. The van der Waals surface area contributed by atoms with Crippen molar-refractivity contribution in [1.29, 1.82) is 0 Å². The van der Waals surface area contributed by atoms with Crippen molar-refractivity contribution in [3.63, 3.8) is 0 Å². The molecule has 0 saturated heterocycles. The molecule has 0 aliphatic heterocycles. The van der Waals surface area contributed by atoms with Gasteiger partial charge in [0.05, 0.1) is 13.1 Å². The Kier molecular flexibility index (Phi) is 8.08. The van der Waals surface area contributed by atoms with Gasteiger partial charge < -0.3 is 10.6 Å². The van der Waals surface area contributed by atoms with E-state index in [9.17, 15) is 0 Å². The Bertz CT molecular complexity index is 671. The summed E-state index contributed by atoms with van der Waals surface area (Å²) in [5, 5.41) is 10.6. The van der Waals surface area contributed by atoms with Gasteiger partial charge in [0.15, 0.2) is 5.96 Å². The molecule has 0 bridgehead atoms. The molecule has 0 fully saturated rings. The molecule has 142 valence electrons. The molecule has 0 amide bonds. The molecule has 7 heteroatoms. The molecular weight excluding hydrogens is 326 g/mol. The summed E-state index contributed by atoms with van der Waals surface area (Å²) >= 11 is 0. The number of hydrogen-bond acceptors (Lipinski definition) is 4. The van der Waals surface area contributed by atoms with Gasteiger partial charge in [0.2, 0.25) is 0 Å². The van der Waals surface area contributed by atoms with Gasteiger partial charge in [0.25, 0.3) is 0 Å². The summed E-state index contributed by atoms with van der Waals surface area (Å²) in [7, 11) is 1.88. The van der Waals surface area contributed by atoms with E-state index < -0.39 is 0 Å². The van der Waals surface area contributed by atoms with Crippen molar-refractivity contribution in [1.82, 2.24) is 30.3 Å². The van der Waals surface area contributed by atoms with E-state index in [1.807, 2.05) is 7.05 Å². The standard InChI is InChI=1S/C19H31N7/c1-5-20-19(22-13-18-23-15-24-25(18)4)21-12-16-8-10-17(11-9-16)14-26(6-2)7-3/h8-11,15H,5-7,12-14H2,1-4H3,(H2,20,21,22). The average Bonchev–Trinajstić information content (AvgIpc) is 3.08. The van der Waals surface area contributed by atoms with Crippen molar-refractivity contribution >= 4 is 5.96 Å². The molecule has 1 aromatic heterocycles. The summed E-state index contributed by atoms with van der Waals surface area (Å²) in [6, 6.07) is 8.72. The van der Waals surface area contributed by atoms with Gasteiger partial charge in [-0.15, -0.1) is 0 Å². The molecule has 2 aromatic rings. The van der Waals surface area contributed by atoms with Crippen LogP contribution in [0, 0.1) is 0 Å². The molecule has 0 radical (unpaired) electrons. The zero-order chi connectivity index (χ0) is 18.8.